The van der Waals surface area contributed by atoms with Crippen molar-refractivity contribution in [3.8, 4) is 0 Å². The average molecular weight is 360 g/mol. The smallest absolute Gasteiger partial charge is 0.241 e. The molecule has 0 fully saturated rings. The maximum atomic E-state index is 13.9. The van der Waals surface area contributed by atoms with Gasteiger partial charge in [0.15, 0.2) is 0 Å². The zero-order chi connectivity index (χ0) is 18.5. The lowest BCUT2D eigenvalue weighted by atomic mass is 10.1. The van der Waals surface area contributed by atoms with E-state index in [9.17, 15) is 17.6 Å². The van der Waals surface area contributed by atoms with Gasteiger partial charge in [-0.2, -0.15) is 0 Å². The summed E-state index contributed by atoms with van der Waals surface area (Å²) in [7, 11) is -2.27. The average Bonchev–Trinajstić information content (AvgIpc) is 2.44. The largest absolute Gasteiger partial charge is 0.382 e. The molecule has 0 bridgehead atoms. The van der Waals surface area contributed by atoms with Crippen LogP contribution in [0.25, 0.3) is 0 Å². The molecule has 0 heterocycles. The second-order valence-electron chi connectivity index (χ2n) is 6.63. The Morgan fingerprint density at radius 3 is 2.50 bits per heavy atom. The molecule has 136 valence electrons. The van der Waals surface area contributed by atoms with Crippen molar-refractivity contribution in [1.82, 2.24) is 4.72 Å². The molecule has 8 heteroatoms. The van der Waals surface area contributed by atoms with Crippen molar-refractivity contribution in [3.05, 3.63) is 24.0 Å². The summed E-state index contributed by atoms with van der Waals surface area (Å²) in [4.78, 5) is 11.8. The molecule has 0 radical (unpaired) electrons. The van der Waals surface area contributed by atoms with E-state index >= 15 is 0 Å². The summed E-state index contributed by atoms with van der Waals surface area (Å²) in [6.07, 6.45) is 0.530. The lowest BCUT2D eigenvalue weighted by Gasteiger charge is -2.20. The van der Waals surface area contributed by atoms with Gasteiger partial charge >= 0.3 is 0 Å². The van der Waals surface area contributed by atoms with E-state index in [-0.39, 0.29) is 23.1 Å². The fourth-order valence-corrected chi connectivity index (χ4v) is 3.34. The molecule has 6 nitrogen and oxygen atoms in total. The molecule has 1 rings (SSSR count). The fourth-order valence-electron chi connectivity index (χ4n) is 1.89. The van der Waals surface area contributed by atoms with E-state index < -0.39 is 27.3 Å². The molecule has 1 unspecified atom stereocenters. The molecule has 0 aliphatic carbocycles. The number of halogens is 1. The Balaban J connectivity index is 2.92. The summed E-state index contributed by atoms with van der Waals surface area (Å²) in [5.41, 5.74) is -0.839. The Morgan fingerprint density at radius 1 is 1.33 bits per heavy atom. The highest BCUT2D eigenvalue weighted by molar-refractivity contribution is 7.89. The molecular formula is C16H25FN2O4S. The second-order valence-corrected chi connectivity index (χ2v) is 8.31. The van der Waals surface area contributed by atoms with Crippen LogP contribution in [0.15, 0.2) is 23.1 Å². The number of anilines is 1. The summed E-state index contributed by atoms with van der Waals surface area (Å²) in [6.45, 7) is 6.93. The van der Waals surface area contributed by atoms with Gasteiger partial charge in [-0.05, 0) is 52.3 Å². The number of amides is 1. The van der Waals surface area contributed by atoms with Crippen LogP contribution in [0, 0.1) is 5.82 Å². The van der Waals surface area contributed by atoms with Crippen LogP contribution in [0.5, 0.6) is 0 Å². The molecule has 0 aliphatic heterocycles. The van der Waals surface area contributed by atoms with Crippen LogP contribution in [0.2, 0.25) is 0 Å². The molecule has 1 amide bonds. The number of hydrogen-bond acceptors (Lipinski definition) is 4. The molecule has 0 aliphatic rings. The maximum Gasteiger partial charge on any atom is 0.241 e. The Bertz CT molecular complexity index is 684. The highest BCUT2D eigenvalue weighted by atomic mass is 32.2. The Labute approximate surface area is 142 Å². The van der Waals surface area contributed by atoms with Crippen molar-refractivity contribution in [3.63, 3.8) is 0 Å². The first-order chi connectivity index (χ1) is 10.9. The van der Waals surface area contributed by atoms with Gasteiger partial charge in [0.1, 0.15) is 5.82 Å². The van der Waals surface area contributed by atoms with Gasteiger partial charge in [0.2, 0.25) is 15.9 Å². The molecule has 0 spiro atoms. The van der Waals surface area contributed by atoms with Gasteiger partial charge < -0.3 is 10.1 Å². The van der Waals surface area contributed by atoms with E-state index in [2.05, 4.69) is 10.0 Å². The molecule has 1 atom stereocenters. The first-order valence-corrected chi connectivity index (χ1v) is 9.09. The minimum absolute atomic E-state index is 0.0942. The van der Waals surface area contributed by atoms with Crippen LogP contribution >= 0.6 is 0 Å². The van der Waals surface area contributed by atoms with Gasteiger partial charge in [0.25, 0.3) is 0 Å². The van der Waals surface area contributed by atoms with E-state index in [1.54, 1.807) is 27.9 Å². The van der Waals surface area contributed by atoms with Crippen molar-refractivity contribution in [1.29, 1.82) is 0 Å². The van der Waals surface area contributed by atoms with Crippen LogP contribution in [0.1, 0.15) is 40.5 Å². The lowest BCUT2D eigenvalue weighted by molar-refractivity contribution is -0.116. The monoisotopic (exact) mass is 360 g/mol. The number of sulfonamides is 1. The van der Waals surface area contributed by atoms with Crippen molar-refractivity contribution in [2.45, 2.75) is 57.1 Å². The summed E-state index contributed by atoms with van der Waals surface area (Å²) in [5, 5.41) is 2.40. The van der Waals surface area contributed by atoms with Crippen LogP contribution in [-0.2, 0) is 19.6 Å². The highest BCUT2D eigenvalue weighted by Crippen LogP contribution is 2.21. The molecule has 0 aromatic heterocycles. The number of methoxy groups -OCH3 is 1. The van der Waals surface area contributed by atoms with Crippen LogP contribution < -0.4 is 10.0 Å². The van der Waals surface area contributed by atoms with E-state index in [4.69, 9.17) is 4.74 Å². The predicted octanol–water partition coefficient (Wildman–Crippen LogP) is 2.66. The van der Waals surface area contributed by atoms with Gasteiger partial charge in [-0.15, -0.1) is 0 Å². The maximum absolute atomic E-state index is 13.9. The van der Waals surface area contributed by atoms with E-state index in [1.165, 1.54) is 0 Å². The van der Waals surface area contributed by atoms with Gasteiger partial charge in [0.05, 0.1) is 16.7 Å². The number of nitrogens with one attached hydrogen (secondary N) is 2. The zero-order valence-corrected chi connectivity index (χ0v) is 15.5. The third-order valence-electron chi connectivity index (χ3n) is 3.14. The van der Waals surface area contributed by atoms with E-state index in [1.807, 2.05) is 6.92 Å². The summed E-state index contributed by atoms with van der Waals surface area (Å²) < 4.78 is 46.0. The predicted molar refractivity (Wildman–Crippen MR) is 90.8 cm³/mol. The first-order valence-electron chi connectivity index (χ1n) is 7.61. The second kappa shape index (κ2) is 8.04. The van der Waals surface area contributed by atoms with Crippen LogP contribution in [0.4, 0.5) is 10.1 Å². The Morgan fingerprint density at radius 2 is 1.96 bits per heavy atom. The highest BCUT2D eigenvalue weighted by Gasteiger charge is 2.23. The van der Waals surface area contributed by atoms with Gasteiger partial charge in [-0.25, -0.2) is 17.5 Å². The number of carbonyl (C=O) groups excluding carboxylic acids is 1. The molecule has 24 heavy (non-hydrogen) atoms. The number of ether oxygens (including phenoxy) is 1. The Hall–Kier alpha value is -1.51. The normalized spacial score (nSPS) is 13.6. The van der Waals surface area contributed by atoms with E-state index in [0.717, 1.165) is 18.2 Å². The van der Waals surface area contributed by atoms with E-state index in [0.29, 0.717) is 6.42 Å². The molecule has 2 N–H and O–H groups in total. The van der Waals surface area contributed by atoms with Gasteiger partial charge in [-0.1, -0.05) is 0 Å². The van der Waals surface area contributed by atoms with Crippen LogP contribution in [0.3, 0.4) is 0 Å². The van der Waals surface area contributed by atoms with Crippen molar-refractivity contribution >= 4 is 21.6 Å². The molecule has 1 aromatic carbocycles. The third-order valence-corrected chi connectivity index (χ3v) is 4.90. The Kier molecular flexibility index (Phi) is 6.88. The number of benzene rings is 1. The zero-order valence-electron chi connectivity index (χ0n) is 14.6. The lowest BCUT2D eigenvalue weighted by Crippen LogP contribution is -2.40. The fraction of sp³-hybridized carbons (Fsp3) is 0.562. The number of hydrogen-bond donors (Lipinski definition) is 2. The molecule has 0 saturated carbocycles. The summed E-state index contributed by atoms with van der Waals surface area (Å²) >= 11 is 0. The molecular weight excluding hydrogens is 335 g/mol. The van der Waals surface area contributed by atoms with Gasteiger partial charge in [-0.3, -0.25) is 4.79 Å². The van der Waals surface area contributed by atoms with Gasteiger partial charge in [0, 0.05) is 19.1 Å². The standard InChI is InChI=1S/C16H25FN2O4S/c1-11(23-5)6-9-15(20)18-14-10-12(7-8-13(14)17)24(21,22)19-16(2,3)4/h7-8,10-11,19H,6,9H2,1-5H3,(H,18,20). The minimum Gasteiger partial charge on any atom is -0.382 e. The quantitative estimate of drug-likeness (QED) is 0.783. The summed E-state index contributed by atoms with van der Waals surface area (Å²) in [5.74, 6) is -1.10. The number of rotatable bonds is 7. The van der Waals surface area contributed by atoms with Crippen molar-refractivity contribution in [2.24, 2.45) is 0 Å². The topological polar surface area (TPSA) is 84.5 Å². The summed E-state index contributed by atoms with van der Waals surface area (Å²) in [6, 6.07) is 3.29. The first kappa shape index (κ1) is 20.5. The van der Waals surface area contributed by atoms with Crippen molar-refractivity contribution in [2.75, 3.05) is 12.4 Å². The number of carbonyl (C=O) groups is 1. The minimum atomic E-state index is -3.81. The van der Waals surface area contributed by atoms with Crippen LogP contribution in [-0.4, -0.2) is 33.1 Å². The molecule has 0 saturated heterocycles. The SMILES string of the molecule is COC(C)CCC(=O)Nc1cc(S(=O)(=O)NC(C)(C)C)ccc1F. The third kappa shape index (κ3) is 6.54. The van der Waals surface area contributed by atoms with Crippen molar-refractivity contribution < 1.29 is 22.3 Å². The molecule has 1 aromatic rings.